The number of carboxylic acids is 1. The Morgan fingerprint density at radius 2 is 2.32 bits per heavy atom. The Balaban J connectivity index is 2.42. The fourth-order valence-electron chi connectivity index (χ4n) is 1.51. The zero-order valence-corrected chi connectivity index (χ0v) is 11.4. The summed E-state index contributed by atoms with van der Waals surface area (Å²) < 4.78 is 23.9. The third-order valence-corrected chi connectivity index (χ3v) is 3.07. The molecule has 2 rings (SSSR count). The number of aromatic nitrogens is 1. The van der Waals surface area contributed by atoms with E-state index in [0.717, 1.165) is 0 Å². The zero-order chi connectivity index (χ0) is 14.0. The number of rotatable bonds is 4. The Morgan fingerprint density at radius 3 is 2.84 bits per heavy atom. The van der Waals surface area contributed by atoms with Crippen LogP contribution in [-0.2, 0) is 0 Å². The number of carboxylic acid groups (broad SMARTS) is 1. The summed E-state index contributed by atoms with van der Waals surface area (Å²) in [5.74, 6) is -1.51. The predicted octanol–water partition coefficient (Wildman–Crippen LogP) is 3.34. The standard InChI is InChI=1S/C12H9BrFNO4/c1-2-18-8-4-3-6(5-7(8)14)11-9(13)10(12(16)17)15-19-11/h3-5H,2H2,1H3,(H,16,17). The Hall–Kier alpha value is -1.89. The van der Waals surface area contributed by atoms with Crippen molar-refractivity contribution in [3.8, 4) is 17.1 Å². The van der Waals surface area contributed by atoms with Crippen LogP contribution in [0.4, 0.5) is 4.39 Å². The van der Waals surface area contributed by atoms with Crippen molar-refractivity contribution in [2.75, 3.05) is 6.61 Å². The van der Waals surface area contributed by atoms with Crippen molar-refractivity contribution in [1.82, 2.24) is 5.16 Å². The van der Waals surface area contributed by atoms with Crippen LogP contribution >= 0.6 is 15.9 Å². The minimum atomic E-state index is -1.23. The molecule has 19 heavy (non-hydrogen) atoms. The van der Waals surface area contributed by atoms with E-state index in [2.05, 4.69) is 21.1 Å². The molecule has 0 aliphatic rings. The summed E-state index contributed by atoms with van der Waals surface area (Å²) >= 11 is 3.07. The van der Waals surface area contributed by atoms with Crippen molar-refractivity contribution in [2.45, 2.75) is 6.92 Å². The number of nitrogens with zero attached hydrogens (tertiary/aromatic N) is 1. The maximum Gasteiger partial charge on any atom is 0.359 e. The van der Waals surface area contributed by atoms with Gasteiger partial charge in [0.15, 0.2) is 17.3 Å². The molecule has 0 radical (unpaired) electrons. The van der Waals surface area contributed by atoms with Gasteiger partial charge in [0.05, 0.1) is 6.61 Å². The Labute approximate surface area is 116 Å². The summed E-state index contributed by atoms with van der Waals surface area (Å²) in [7, 11) is 0. The molecule has 0 amide bonds. The monoisotopic (exact) mass is 329 g/mol. The third kappa shape index (κ3) is 2.60. The van der Waals surface area contributed by atoms with E-state index in [4.69, 9.17) is 14.4 Å². The van der Waals surface area contributed by atoms with Gasteiger partial charge in [-0.25, -0.2) is 9.18 Å². The molecule has 7 heteroatoms. The van der Waals surface area contributed by atoms with Gasteiger partial charge in [0, 0.05) is 5.56 Å². The van der Waals surface area contributed by atoms with Gasteiger partial charge in [-0.2, -0.15) is 0 Å². The minimum Gasteiger partial charge on any atom is -0.491 e. The molecule has 0 saturated carbocycles. The van der Waals surface area contributed by atoms with Gasteiger partial charge in [0.2, 0.25) is 5.69 Å². The maximum absolute atomic E-state index is 13.7. The Bertz CT molecular complexity index is 626. The summed E-state index contributed by atoms with van der Waals surface area (Å²) in [5.41, 5.74) is 0.108. The van der Waals surface area contributed by atoms with Crippen LogP contribution in [0.2, 0.25) is 0 Å². The molecule has 0 saturated heterocycles. The van der Waals surface area contributed by atoms with Gasteiger partial charge in [0.1, 0.15) is 4.47 Å². The Kier molecular flexibility index (Phi) is 3.84. The summed E-state index contributed by atoms with van der Waals surface area (Å²) in [6, 6.07) is 4.20. The largest absolute Gasteiger partial charge is 0.491 e. The summed E-state index contributed by atoms with van der Waals surface area (Å²) in [4.78, 5) is 10.8. The van der Waals surface area contributed by atoms with Crippen LogP contribution in [0.25, 0.3) is 11.3 Å². The molecule has 0 aliphatic heterocycles. The number of ether oxygens (including phenoxy) is 1. The molecule has 1 aromatic heterocycles. The second-order valence-electron chi connectivity index (χ2n) is 3.56. The highest BCUT2D eigenvalue weighted by molar-refractivity contribution is 9.10. The van der Waals surface area contributed by atoms with Gasteiger partial charge < -0.3 is 14.4 Å². The minimum absolute atomic E-state index is 0.125. The van der Waals surface area contributed by atoms with E-state index in [1.807, 2.05) is 0 Å². The Morgan fingerprint density at radius 1 is 1.58 bits per heavy atom. The number of benzene rings is 1. The molecule has 2 aromatic rings. The lowest BCUT2D eigenvalue weighted by Gasteiger charge is -2.05. The first-order valence-electron chi connectivity index (χ1n) is 5.35. The average molecular weight is 330 g/mol. The van der Waals surface area contributed by atoms with Gasteiger partial charge in [-0.1, -0.05) is 5.16 Å². The van der Waals surface area contributed by atoms with Crippen LogP contribution in [-0.4, -0.2) is 22.8 Å². The van der Waals surface area contributed by atoms with Crippen LogP contribution in [0.15, 0.2) is 27.2 Å². The fraction of sp³-hybridized carbons (Fsp3) is 0.167. The molecule has 1 aromatic carbocycles. The van der Waals surface area contributed by atoms with E-state index in [1.54, 1.807) is 13.0 Å². The smallest absolute Gasteiger partial charge is 0.359 e. The number of aromatic carboxylic acids is 1. The SMILES string of the molecule is CCOc1ccc(-c2onc(C(=O)O)c2Br)cc1F. The van der Waals surface area contributed by atoms with Gasteiger partial charge in [0.25, 0.3) is 0 Å². The van der Waals surface area contributed by atoms with Gasteiger partial charge in [-0.3, -0.25) is 0 Å². The third-order valence-electron chi connectivity index (χ3n) is 2.33. The molecule has 0 fully saturated rings. The molecule has 0 unspecified atom stereocenters. The summed E-state index contributed by atoms with van der Waals surface area (Å²) in [5, 5.41) is 12.3. The van der Waals surface area contributed by atoms with Crippen molar-refractivity contribution in [2.24, 2.45) is 0 Å². The van der Waals surface area contributed by atoms with Gasteiger partial charge in [-0.15, -0.1) is 0 Å². The van der Waals surface area contributed by atoms with Crippen LogP contribution in [0.1, 0.15) is 17.4 Å². The maximum atomic E-state index is 13.7. The molecule has 0 spiro atoms. The second kappa shape index (κ2) is 5.40. The van der Waals surface area contributed by atoms with Crippen molar-refractivity contribution in [3.63, 3.8) is 0 Å². The molecule has 0 aliphatic carbocycles. The van der Waals surface area contributed by atoms with Crippen LogP contribution in [0.5, 0.6) is 5.75 Å². The van der Waals surface area contributed by atoms with Crippen molar-refractivity contribution < 1.29 is 23.6 Å². The number of hydrogen-bond acceptors (Lipinski definition) is 4. The molecule has 0 atom stereocenters. The normalized spacial score (nSPS) is 10.5. The van der Waals surface area contributed by atoms with E-state index in [-0.39, 0.29) is 21.7 Å². The van der Waals surface area contributed by atoms with Crippen molar-refractivity contribution in [1.29, 1.82) is 0 Å². The van der Waals surface area contributed by atoms with E-state index >= 15 is 0 Å². The number of halogens is 2. The van der Waals surface area contributed by atoms with Gasteiger partial charge >= 0.3 is 5.97 Å². The molecule has 100 valence electrons. The highest BCUT2D eigenvalue weighted by Gasteiger charge is 2.21. The van der Waals surface area contributed by atoms with E-state index < -0.39 is 11.8 Å². The highest BCUT2D eigenvalue weighted by Crippen LogP contribution is 2.33. The van der Waals surface area contributed by atoms with E-state index in [1.165, 1.54) is 12.1 Å². The highest BCUT2D eigenvalue weighted by atomic mass is 79.9. The molecule has 0 bridgehead atoms. The lowest BCUT2D eigenvalue weighted by atomic mass is 10.1. The van der Waals surface area contributed by atoms with E-state index in [0.29, 0.717) is 12.2 Å². The molecule has 1 heterocycles. The van der Waals surface area contributed by atoms with Crippen LogP contribution in [0, 0.1) is 5.82 Å². The summed E-state index contributed by atoms with van der Waals surface area (Å²) in [6.07, 6.45) is 0. The van der Waals surface area contributed by atoms with Crippen LogP contribution < -0.4 is 4.74 Å². The summed E-state index contributed by atoms with van der Waals surface area (Å²) in [6.45, 7) is 2.10. The van der Waals surface area contributed by atoms with Crippen molar-refractivity contribution >= 4 is 21.9 Å². The quantitative estimate of drug-likeness (QED) is 0.931. The molecule has 1 N–H and O–H groups in total. The number of hydrogen-bond donors (Lipinski definition) is 1. The second-order valence-corrected chi connectivity index (χ2v) is 4.35. The van der Waals surface area contributed by atoms with Crippen LogP contribution in [0.3, 0.4) is 0 Å². The predicted molar refractivity (Wildman–Crippen MR) is 67.7 cm³/mol. The zero-order valence-electron chi connectivity index (χ0n) is 9.81. The van der Waals surface area contributed by atoms with Crippen molar-refractivity contribution in [3.05, 3.63) is 34.2 Å². The average Bonchev–Trinajstić information content (AvgIpc) is 2.74. The lowest BCUT2D eigenvalue weighted by Crippen LogP contribution is -1.96. The first kappa shape index (κ1) is 13.5. The number of carbonyl (C=O) groups is 1. The first-order valence-corrected chi connectivity index (χ1v) is 6.15. The molecular weight excluding hydrogens is 321 g/mol. The fourth-order valence-corrected chi connectivity index (χ4v) is 2.05. The molecule has 5 nitrogen and oxygen atoms in total. The molecular formula is C12H9BrFNO4. The topological polar surface area (TPSA) is 72.6 Å². The first-order chi connectivity index (χ1) is 9.04. The lowest BCUT2D eigenvalue weighted by molar-refractivity contribution is 0.0685. The van der Waals surface area contributed by atoms with E-state index in [9.17, 15) is 9.18 Å². The van der Waals surface area contributed by atoms with Gasteiger partial charge in [-0.05, 0) is 41.1 Å².